The zero-order chi connectivity index (χ0) is 14.9. The molecule has 0 aromatic heterocycles. The lowest BCUT2D eigenvalue weighted by atomic mass is 10.2. The maximum atomic E-state index is 12.6. The molecule has 20 heavy (non-hydrogen) atoms. The first-order chi connectivity index (χ1) is 9.37. The third kappa shape index (κ3) is 2.54. The van der Waals surface area contributed by atoms with Crippen molar-refractivity contribution in [3.63, 3.8) is 0 Å². The third-order valence-corrected chi connectivity index (χ3v) is 5.60. The minimum Gasteiger partial charge on any atom is -0.395 e. The summed E-state index contributed by atoms with van der Waals surface area (Å²) < 4.78 is 26.4. The van der Waals surface area contributed by atoms with Crippen molar-refractivity contribution in [2.45, 2.75) is 30.7 Å². The maximum absolute atomic E-state index is 12.6. The van der Waals surface area contributed by atoms with Crippen molar-refractivity contribution in [3.05, 3.63) is 33.9 Å². The number of sulfonamides is 1. The highest BCUT2D eigenvalue weighted by molar-refractivity contribution is 7.89. The molecule has 1 aliphatic rings. The van der Waals surface area contributed by atoms with Crippen LogP contribution in [0.3, 0.4) is 0 Å². The second kappa shape index (κ2) is 5.47. The number of hydrogen-bond donors (Lipinski definition) is 1. The minimum absolute atomic E-state index is 0.0629. The third-order valence-electron chi connectivity index (χ3n) is 3.50. The van der Waals surface area contributed by atoms with E-state index >= 15 is 0 Å². The molecular formula is C12H16N2O5S. The molecule has 1 fully saturated rings. The first-order valence-electron chi connectivity index (χ1n) is 6.25. The van der Waals surface area contributed by atoms with Crippen LogP contribution in [0.25, 0.3) is 0 Å². The van der Waals surface area contributed by atoms with Crippen LogP contribution in [0.15, 0.2) is 23.1 Å². The Kier molecular flexibility index (Phi) is 4.07. The Bertz CT molecular complexity index is 629. The second-order valence-corrected chi connectivity index (χ2v) is 6.66. The first kappa shape index (κ1) is 14.9. The Balaban J connectivity index is 2.48. The van der Waals surface area contributed by atoms with Crippen molar-refractivity contribution in [1.29, 1.82) is 0 Å². The quantitative estimate of drug-likeness (QED) is 0.661. The normalized spacial score (nSPS) is 20.2. The van der Waals surface area contributed by atoms with Crippen molar-refractivity contribution in [3.8, 4) is 0 Å². The van der Waals surface area contributed by atoms with Gasteiger partial charge in [-0.25, -0.2) is 8.42 Å². The van der Waals surface area contributed by atoms with E-state index in [2.05, 4.69) is 0 Å². The van der Waals surface area contributed by atoms with E-state index in [1.54, 1.807) is 6.92 Å². The Morgan fingerprint density at radius 2 is 2.20 bits per heavy atom. The largest absolute Gasteiger partial charge is 0.395 e. The summed E-state index contributed by atoms with van der Waals surface area (Å²) in [5.41, 5.74) is 0.202. The van der Waals surface area contributed by atoms with Crippen LogP contribution in [-0.2, 0) is 10.0 Å². The van der Waals surface area contributed by atoms with E-state index in [4.69, 9.17) is 0 Å². The minimum atomic E-state index is -3.82. The van der Waals surface area contributed by atoms with E-state index < -0.39 is 21.0 Å². The van der Waals surface area contributed by atoms with Crippen LogP contribution >= 0.6 is 0 Å². The van der Waals surface area contributed by atoms with Gasteiger partial charge in [0.05, 0.1) is 16.4 Å². The van der Waals surface area contributed by atoms with Gasteiger partial charge in [0.1, 0.15) is 0 Å². The topological polar surface area (TPSA) is 101 Å². The van der Waals surface area contributed by atoms with E-state index in [-0.39, 0.29) is 17.2 Å². The monoisotopic (exact) mass is 300 g/mol. The molecule has 0 aliphatic carbocycles. The van der Waals surface area contributed by atoms with Gasteiger partial charge in [0, 0.05) is 24.7 Å². The zero-order valence-corrected chi connectivity index (χ0v) is 11.8. The van der Waals surface area contributed by atoms with Crippen LogP contribution in [0.5, 0.6) is 0 Å². The molecule has 0 spiro atoms. The molecular weight excluding hydrogens is 284 g/mol. The first-order valence-corrected chi connectivity index (χ1v) is 7.69. The number of aryl methyl sites for hydroxylation is 1. The van der Waals surface area contributed by atoms with Gasteiger partial charge in [0.15, 0.2) is 0 Å². The highest BCUT2D eigenvalue weighted by atomic mass is 32.2. The Morgan fingerprint density at radius 3 is 2.80 bits per heavy atom. The molecule has 1 aromatic carbocycles. The van der Waals surface area contributed by atoms with Gasteiger partial charge in [-0.2, -0.15) is 4.31 Å². The van der Waals surface area contributed by atoms with Crippen LogP contribution in [0.1, 0.15) is 18.4 Å². The number of aliphatic hydroxyl groups is 1. The number of nitro benzene ring substituents is 1. The molecule has 1 N–H and O–H groups in total. The van der Waals surface area contributed by atoms with Crippen molar-refractivity contribution >= 4 is 15.7 Å². The van der Waals surface area contributed by atoms with Gasteiger partial charge in [0.2, 0.25) is 10.0 Å². The van der Waals surface area contributed by atoms with Gasteiger partial charge in [0.25, 0.3) is 5.69 Å². The molecule has 0 amide bonds. The fourth-order valence-corrected chi connectivity index (χ4v) is 4.35. The van der Waals surface area contributed by atoms with E-state index in [0.717, 1.165) is 6.07 Å². The van der Waals surface area contributed by atoms with Crippen LogP contribution in [0.2, 0.25) is 0 Å². The van der Waals surface area contributed by atoms with Gasteiger partial charge >= 0.3 is 0 Å². The predicted molar refractivity (Wildman–Crippen MR) is 71.8 cm³/mol. The molecule has 1 aromatic rings. The standard InChI is InChI=1S/C12H16N2O5S/c1-9-4-5-10(14(16)17)7-12(9)20(18,19)13-6-2-3-11(13)8-15/h4-5,7,11,15H,2-3,6,8H2,1H3/t11-/m1/s1. The van der Waals surface area contributed by atoms with Gasteiger partial charge in [-0.1, -0.05) is 6.07 Å². The Hall–Kier alpha value is -1.51. The van der Waals surface area contributed by atoms with E-state index in [1.165, 1.54) is 16.4 Å². The molecule has 110 valence electrons. The number of nitro groups is 1. The van der Waals surface area contributed by atoms with Crippen LogP contribution in [-0.4, -0.2) is 41.9 Å². The van der Waals surface area contributed by atoms with Crippen LogP contribution in [0, 0.1) is 17.0 Å². The number of aliphatic hydroxyl groups excluding tert-OH is 1. The molecule has 0 saturated carbocycles. The summed E-state index contributed by atoms with van der Waals surface area (Å²) in [4.78, 5) is 10.1. The average Bonchev–Trinajstić information content (AvgIpc) is 2.87. The molecule has 1 atom stereocenters. The molecule has 0 bridgehead atoms. The lowest BCUT2D eigenvalue weighted by molar-refractivity contribution is -0.385. The highest BCUT2D eigenvalue weighted by Gasteiger charge is 2.36. The average molecular weight is 300 g/mol. The summed E-state index contributed by atoms with van der Waals surface area (Å²) >= 11 is 0. The van der Waals surface area contributed by atoms with Crippen molar-refractivity contribution < 1.29 is 18.4 Å². The van der Waals surface area contributed by atoms with Crippen LogP contribution in [0.4, 0.5) is 5.69 Å². The molecule has 2 rings (SSSR count). The summed E-state index contributed by atoms with van der Waals surface area (Å²) in [6.07, 6.45) is 1.28. The molecule has 0 unspecified atom stereocenters. The number of rotatable bonds is 4. The SMILES string of the molecule is Cc1ccc([N+](=O)[O-])cc1S(=O)(=O)N1CCC[C@@H]1CO. The fraction of sp³-hybridized carbons (Fsp3) is 0.500. The van der Waals surface area contributed by atoms with Crippen molar-refractivity contribution in [2.75, 3.05) is 13.2 Å². The fourth-order valence-electron chi connectivity index (χ4n) is 2.41. The number of benzene rings is 1. The summed E-state index contributed by atoms with van der Waals surface area (Å²) in [6.45, 7) is 1.68. The molecule has 0 radical (unpaired) electrons. The summed E-state index contributed by atoms with van der Waals surface area (Å²) in [5, 5.41) is 20.0. The lowest BCUT2D eigenvalue weighted by Crippen LogP contribution is -2.37. The smallest absolute Gasteiger partial charge is 0.270 e. The van der Waals surface area contributed by atoms with Crippen molar-refractivity contribution in [1.82, 2.24) is 4.31 Å². The van der Waals surface area contributed by atoms with Gasteiger partial charge in [-0.15, -0.1) is 0 Å². The predicted octanol–water partition coefficient (Wildman–Crippen LogP) is 1.05. The van der Waals surface area contributed by atoms with E-state index in [9.17, 15) is 23.6 Å². The zero-order valence-electron chi connectivity index (χ0n) is 11.0. The Morgan fingerprint density at radius 1 is 1.50 bits per heavy atom. The maximum Gasteiger partial charge on any atom is 0.270 e. The number of non-ortho nitro benzene ring substituents is 1. The molecule has 8 heteroatoms. The van der Waals surface area contributed by atoms with Gasteiger partial charge in [-0.3, -0.25) is 10.1 Å². The number of hydrogen-bond acceptors (Lipinski definition) is 5. The molecule has 1 heterocycles. The second-order valence-electron chi connectivity index (χ2n) is 4.80. The van der Waals surface area contributed by atoms with E-state index in [1.807, 2.05) is 0 Å². The summed E-state index contributed by atoms with van der Waals surface area (Å²) in [7, 11) is -3.82. The summed E-state index contributed by atoms with van der Waals surface area (Å²) in [6, 6.07) is 3.34. The van der Waals surface area contributed by atoms with Crippen molar-refractivity contribution in [2.24, 2.45) is 0 Å². The molecule has 1 aliphatic heterocycles. The molecule has 1 saturated heterocycles. The van der Waals surface area contributed by atoms with Gasteiger partial charge < -0.3 is 5.11 Å². The number of nitrogens with zero attached hydrogens (tertiary/aromatic N) is 2. The Labute approximate surface area is 117 Å². The van der Waals surface area contributed by atoms with Gasteiger partial charge in [-0.05, 0) is 25.3 Å². The highest BCUT2D eigenvalue weighted by Crippen LogP contribution is 2.29. The lowest BCUT2D eigenvalue weighted by Gasteiger charge is -2.23. The van der Waals surface area contributed by atoms with E-state index in [0.29, 0.717) is 24.9 Å². The van der Waals surface area contributed by atoms with Crippen LogP contribution < -0.4 is 0 Å². The summed E-state index contributed by atoms with van der Waals surface area (Å²) in [5.74, 6) is 0. The molecule has 7 nitrogen and oxygen atoms in total.